The van der Waals surface area contributed by atoms with Crippen LogP contribution in [0.3, 0.4) is 0 Å². The number of methoxy groups -OCH3 is 1. The molecule has 3 atom stereocenters. The molecule has 0 bridgehead atoms. The van der Waals surface area contributed by atoms with Gasteiger partial charge < -0.3 is 14.4 Å². The summed E-state index contributed by atoms with van der Waals surface area (Å²) in [6.45, 7) is 0. The third-order valence-electron chi connectivity index (χ3n) is 11.4. The molecule has 10 rings (SSSR count). The fourth-order valence-electron chi connectivity index (χ4n) is 8.58. The SMILES string of the molecule is COC1=C(S(C)=O)C=C(C(=O)c2ccc(-n3c4ccccc4c4ccc5c6ccccc6n(-c6nc(C7=CCCC=C7)nc(C7C=CC=CC7)n6)c5c43)cc2)C(O)C1. The van der Waals surface area contributed by atoms with Crippen LogP contribution in [-0.2, 0) is 15.5 Å². The van der Waals surface area contributed by atoms with Gasteiger partial charge >= 0.3 is 0 Å². The maximum atomic E-state index is 13.9. The quantitative estimate of drug-likeness (QED) is 0.153. The number of fused-ring (bicyclic) bond motifs is 7. The van der Waals surface area contributed by atoms with E-state index >= 15 is 0 Å². The van der Waals surface area contributed by atoms with Gasteiger partial charge in [-0.1, -0.05) is 91.1 Å². The number of ether oxygens (including phenoxy) is 1. The first-order valence-corrected chi connectivity index (χ1v) is 21.0. The second kappa shape index (κ2) is 14.5. The Morgan fingerprint density at radius 3 is 2.17 bits per heavy atom. The molecule has 3 aliphatic carbocycles. The molecule has 0 aliphatic heterocycles. The van der Waals surface area contributed by atoms with E-state index in [1.54, 1.807) is 12.1 Å². The predicted octanol–water partition coefficient (Wildman–Crippen LogP) is 9.51. The van der Waals surface area contributed by atoms with E-state index in [1.165, 1.54) is 19.4 Å². The zero-order valence-corrected chi connectivity index (χ0v) is 32.8. The van der Waals surface area contributed by atoms with Crippen LogP contribution in [-0.4, -0.2) is 58.7 Å². The molecular formula is C48H39N5O4S. The molecule has 0 saturated carbocycles. The van der Waals surface area contributed by atoms with Crippen molar-refractivity contribution in [1.82, 2.24) is 24.1 Å². The third-order valence-corrected chi connectivity index (χ3v) is 12.3. The van der Waals surface area contributed by atoms with Gasteiger partial charge in [0.15, 0.2) is 11.6 Å². The van der Waals surface area contributed by atoms with Crippen molar-refractivity contribution in [2.75, 3.05) is 13.4 Å². The highest BCUT2D eigenvalue weighted by molar-refractivity contribution is 7.88. The molecule has 0 saturated heterocycles. The number of aromatic nitrogens is 5. The Morgan fingerprint density at radius 1 is 0.810 bits per heavy atom. The summed E-state index contributed by atoms with van der Waals surface area (Å²) in [6, 6.07) is 28.6. The van der Waals surface area contributed by atoms with Gasteiger partial charge in [-0.2, -0.15) is 9.97 Å². The average Bonchev–Trinajstić information content (AvgIpc) is 3.79. The van der Waals surface area contributed by atoms with Gasteiger partial charge in [0.25, 0.3) is 0 Å². The Balaban J connectivity index is 1.21. The van der Waals surface area contributed by atoms with E-state index in [9.17, 15) is 14.1 Å². The standard InChI is InChI=1S/C48H39N5O4S/c1-57-41-28-40(54)37(27-42(41)58(2)56)45(55)29-21-23-32(24-22-29)52-38-19-11-9-17-33(38)35-25-26-36-34-18-10-12-20-39(34)53(44(36)43(35)52)48-50-46(30-13-5-3-6-14-30)49-47(51-48)31-15-7-4-8-16-31/h3,5-7,9-13,15-27,30,40,54H,4,8,14,28H2,1-2H3. The Labute approximate surface area is 337 Å². The topological polar surface area (TPSA) is 112 Å². The van der Waals surface area contributed by atoms with Crippen LogP contribution in [0.25, 0.3) is 60.8 Å². The Hall–Kier alpha value is -6.49. The second-order valence-corrected chi connectivity index (χ2v) is 16.2. The molecule has 0 radical (unpaired) electrons. The molecule has 10 heteroatoms. The molecule has 3 heterocycles. The van der Waals surface area contributed by atoms with Crippen LogP contribution in [0.1, 0.15) is 53.6 Å². The molecule has 4 aromatic carbocycles. The Kier molecular flexibility index (Phi) is 8.95. The zero-order valence-electron chi connectivity index (χ0n) is 32.0. The summed E-state index contributed by atoms with van der Waals surface area (Å²) >= 11 is 0. The molecule has 286 valence electrons. The first kappa shape index (κ1) is 35.9. The predicted molar refractivity (Wildman–Crippen MR) is 232 cm³/mol. The molecule has 1 N–H and O–H groups in total. The minimum Gasteiger partial charge on any atom is -0.500 e. The average molecular weight is 782 g/mol. The van der Waals surface area contributed by atoms with Crippen LogP contribution in [0.5, 0.6) is 0 Å². The number of carbonyl (C=O) groups excluding carboxylic acids is 1. The molecule has 3 aliphatic rings. The fraction of sp³-hybridized carbons (Fsp3) is 0.167. The maximum absolute atomic E-state index is 13.9. The van der Waals surface area contributed by atoms with Gasteiger partial charge in [-0.15, -0.1) is 0 Å². The van der Waals surface area contributed by atoms with Gasteiger partial charge in [-0.3, -0.25) is 13.6 Å². The Bertz CT molecular complexity index is 3070. The van der Waals surface area contributed by atoms with Crippen molar-refractivity contribution in [3.8, 4) is 11.6 Å². The highest BCUT2D eigenvalue weighted by Crippen LogP contribution is 2.42. The summed E-state index contributed by atoms with van der Waals surface area (Å²) in [7, 11) is 0.0854. The number of carbonyl (C=O) groups is 1. The number of para-hydroxylation sites is 2. The Morgan fingerprint density at radius 2 is 1.52 bits per heavy atom. The van der Waals surface area contributed by atoms with Crippen molar-refractivity contribution < 1.29 is 18.8 Å². The highest BCUT2D eigenvalue weighted by atomic mass is 32.2. The van der Waals surface area contributed by atoms with Crippen LogP contribution < -0.4 is 0 Å². The monoisotopic (exact) mass is 781 g/mol. The highest BCUT2D eigenvalue weighted by Gasteiger charge is 2.30. The summed E-state index contributed by atoms with van der Waals surface area (Å²) in [6.07, 6.45) is 19.7. The number of Topliss-reactive ketones (excluding diaryl/α,β-unsaturated/α-hetero) is 1. The first-order valence-electron chi connectivity index (χ1n) is 19.5. The summed E-state index contributed by atoms with van der Waals surface area (Å²) in [5.41, 5.74) is 6.39. The summed E-state index contributed by atoms with van der Waals surface area (Å²) in [5, 5.41) is 15.3. The smallest absolute Gasteiger partial charge is 0.238 e. The number of nitrogens with zero attached hydrogens (tertiary/aromatic N) is 5. The summed E-state index contributed by atoms with van der Waals surface area (Å²) in [5.74, 6) is 2.04. The van der Waals surface area contributed by atoms with E-state index in [-0.39, 0.29) is 23.7 Å². The third kappa shape index (κ3) is 5.90. The number of hydrogen-bond acceptors (Lipinski definition) is 7. The van der Waals surface area contributed by atoms with Gasteiger partial charge in [-0.25, -0.2) is 4.98 Å². The van der Waals surface area contributed by atoms with Crippen molar-refractivity contribution in [2.45, 2.75) is 37.7 Å². The van der Waals surface area contributed by atoms with Crippen LogP contribution in [0.4, 0.5) is 0 Å². The molecule has 3 aromatic heterocycles. The van der Waals surface area contributed by atoms with Crippen molar-refractivity contribution in [1.29, 1.82) is 0 Å². The number of aliphatic hydroxyl groups is 1. The van der Waals surface area contributed by atoms with Crippen LogP contribution in [0.15, 0.2) is 150 Å². The van der Waals surface area contributed by atoms with Gasteiger partial charge in [0.1, 0.15) is 11.6 Å². The molecule has 0 spiro atoms. The lowest BCUT2D eigenvalue weighted by molar-refractivity contribution is 0.0973. The molecule has 58 heavy (non-hydrogen) atoms. The second-order valence-electron chi connectivity index (χ2n) is 14.8. The van der Waals surface area contributed by atoms with Crippen molar-refractivity contribution in [2.24, 2.45) is 0 Å². The maximum Gasteiger partial charge on any atom is 0.238 e. The van der Waals surface area contributed by atoms with Crippen molar-refractivity contribution >= 4 is 65.8 Å². The minimum absolute atomic E-state index is 0.0127. The first-order chi connectivity index (χ1) is 28.4. The number of allylic oxidation sites excluding steroid dienone is 9. The number of ketones is 1. The van der Waals surface area contributed by atoms with E-state index < -0.39 is 16.9 Å². The largest absolute Gasteiger partial charge is 0.500 e. The molecular weight excluding hydrogens is 743 g/mol. The molecule has 9 nitrogen and oxygen atoms in total. The van der Waals surface area contributed by atoms with Gasteiger partial charge in [0, 0.05) is 62.5 Å². The number of hydrogen-bond donors (Lipinski definition) is 1. The summed E-state index contributed by atoms with van der Waals surface area (Å²) < 4.78 is 22.4. The lowest BCUT2D eigenvalue weighted by atomic mass is 9.93. The number of rotatable bonds is 8. The van der Waals surface area contributed by atoms with Crippen molar-refractivity contribution in [3.05, 3.63) is 167 Å². The van der Waals surface area contributed by atoms with Crippen molar-refractivity contribution in [3.63, 3.8) is 0 Å². The van der Waals surface area contributed by atoms with Gasteiger partial charge in [-0.05, 0) is 61.7 Å². The van der Waals surface area contributed by atoms with Crippen LogP contribution in [0.2, 0.25) is 0 Å². The number of aliphatic hydroxyl groups excluding tert-OH is 1. The van der Waals surface area contributed by atoms with Gasteiger partial charge in [0.2, 0.25) is 5.95 Å². The summed E-state index contributed by atoms with van der Waals surface area (Å²) in [4.78, 5) is 29.9. The fourth-order valence-corrected chi connectivity index (χ4v) is 9.36. The van der Waals surface area contributed by atoms with E-state index in [0.29, 0.717) is 28.0 Å². The molecule has 3 unspecified atom stereocenters. The van der Waals surface area contributed by atoms with E-state index in [4.69, 9.17) is 19.7 Å². The lowest BCUT2D eigenvalue weighted by Crippen LogP contribution is -2.24. The van der Waals surface area contributed by atoms with E-state index in [0.717, 1.165) is 80.0 Å². The number of benzene rings is 4. The normalized spacial score (nSPS) is 18.7. The van der Waals surface area contributed by atoms with E-state index in [2.05, 4.69) is 106 Å². The molecule has 0 amide bonds. The molecule has 7 aromatic rings. The van der Waals surface area contributed by atoms with Crippen LogP contribution in [0, 0.1) is 0 Å². The minimum atomic E-state index is -1.40. The van der Waals surface area contributed by atoms with E-state index in [1.807, 2.05) is 18.2 Å². The van der Waals surface area contributed by atoms with Gasteiger partial charge in [0.05, 0.1) is 51.0 Å². The van der Waals surface area contributed by atoms with Crippen LogP contribution >= 0.6 is 0 Å². The molecule has 0 fully saturated rings. The zero-order chi connectivity index (χ0) is 39.5. The lowest BCUT2D eigenvalue weighted by Gasteiger charge is -2.22.